The van der Waals surface area contributed by atoms with Gasteiger partial charge in [0.05, 0.1) is 50.9 Å². The van der Waals surface area contributed by atoms with E-state index in [1.165, 1.54) is 55.8 Å². The topological polar surface area (TPSA) is 311 Å². The molecule has 0 unspecified atom stereocenters. The van der Waals surface area contributed by atoms with Gasteiger partial charge in [-0.05, 0) is 239 Å². The van der Waals surface area contributed by atoms with Crippen molar-refractivity contribution in [3.63, 3.8) is 0 Å². The predicted octanol–water partition coefficient (Wildman–Crippen LogP) is 14.4. The number of rotatable bonds is 5. The van der Waals surface area contributed by atoms with Gasteiger partial charge in [-0.15, -0.1) is 0 Å². The van der Waals surface area contributed by atoms with Crippen molar-refractivity contribution in [1.82, 2.24) is 56.3 Å². The molecule has 3 aromatic heterocycles. The number of hydrogen-bond acceptors (Lipinski definition) is 15. The van der Waals surface area contributed by atoms with Gasteiger partial charge in [0.2, 0.25) is 0 Å². The first kappa shape index (κ1) is 87.0. The van der Waals surface area contributed by atoms with E-state index < -0.39 is 48.3 Å². The van der Waals surface area contributed by atoms with Crippen LogP contribution in [0.1, 0.15) is 223 Å². The Morgan fingerprint density at radius 2 is 0.790 bits per heavy atom. The zero-order valence-electron chi connectivity index (χ0n) is 71.8. The minimum Gasteiger partial charge on any atom is -0.497 e. The van der Waals surface area contributed by atoms with Crippen molar-refractivity contribution in [2.75, 3.05) is 88.2 Å². The van der Waals surface area contributed by atoms with Gasteiger partial charge in [0.15, 0.2) is 5.78 Å². The van der Waals surface area contributed by atoms with E-state index >= 15 is 0 Å². The van der Waals surface area contributed by atoms with Crippen LogP contribution < -0.4 is 33.1 Å². The fourth-order valence-corrected chi connectivity index (χ4v) is 22.5. The van der Waals surface area contributed by atoms with Gasteiger partial charge in [0.1, 0.15) is 11.5 Å². The number of carbonyl (C=O) groups is 6. The highest BCUT2D eigenvalue weighted by atomic mass is 32.2. The summed E-state index contributed by atoms with van der Waals surface area (Å²) in [4.78, 5) is 86.6. The fraction of sp³-hybridized carbons (Fsp3) is 0.432. The summed E-state index contributed by atoms with van der Waals surface area (Å²) in [7, 11) is -1.83. The molecule has 3 aliphatic carbocycles. The van der Waals surface area contributed by atoms with Crippen LogP contribution >= 0.6 is 0 Å². The Morgan fingerprint density at radius 3 is 1.26 bits per heavy atom. The molecular formula is C95H112N12O14S3. The normalized spacial score (nSPS) is 20.4. The number of Topliss-reactive ketones (excluding diaryl/α,β-unsaturated/α-hetero) is 1. The van der Waals surface area contributed by atoms with Crippen LogP contribution in [0.2, 0.25) is 0 Å². The highest BCUT2D eigenvalue weighted by molar-refractivity contribution is 7.88. The molecular weight excluding hydrogens is 1630 g/mol. The third kappa shape index (κ3) is 18.2. The third-order valence-electron chi connectivity index (χ3n) is 26.4. The van der Waals surface area contributed by atoms with Crippen LogP contribution in [0.3, 0.4) is 0 Å². The van der Waals surface area contributed by atoms with Crippen LogP contribution in [-0.4, -0.2) is 182 Å². The smallest absolute Gasteiger partial charge is 0.303 e. The maximum absolute atomic E-state index is 13.9. The predicted molar refractivity (Wildman–Crippen MR) is 485 cm³/mol. The number of ketones is 1. The van der Waals surface area contributed by atoms with E-state index in [4.69, 9.17) is 9.47 Å². The number of methoxy groups -OCH3 is 2. The molecule has 0 spiro atoms. The van der Waals surface area contributed by atoms with Crippen LogP contribution in [0.15, 0.2) is 126 Å². The minimum absolute atomic E-state index is 0.0348. The van der Waals surface area contributed by atoms with Gasteiger partial charge >= 0.3 is 30.6 Å². The molecule has 29 heteroatoms. The van der Waals surface area contributed by atoms with E-state index in [2.05, 4.69) is 74.6 Å². The van der Waals surface area contributed by atoms with Crippen molar-refractivity contribution in [1.29, 1.82) is 0 Å². The number of fused-ring (bicyclic) bond motifs is 12. The number of aryl methyl sites for hydroxylation is 1. The van der Waals surface area contributed by atoms with Crippen LogP contribution in [0.5, 0.6) is 11.5 Å². The molecule has 18 rings (SSSR count). The highest BCUT2D eigenvalue weighted by Crippen LogP contribution is 2.52. The number of ether oxygens (including phenoxy) is 2. The second kappa shape index (κ2) is 36.6. The van der Waals surface area contributed by atoms with Crippen LogP contribution in [-0.2, 0) is 64.6 Å². The van der Waals surface area contributed by atoms with Gasteiger partial charge in [-0.25, -0.2) is 14.2 Å². The lowest BCUT2D eigenvalue weighted by Crippen LogP contribution is -2.43. The summed E-state index contributed by atoms with van der Waals surface area (Å²) >= 11 is 0. The summed E-state index contributed by atoms with van der Waals surface area (Å²) < 4.78 is 107. The molecule has 654 valence electrons. The molecule has 9 heterocycles. The first-order chi connectivity index (χ1) is 59.6. The second-order valence-electron chi connectivity index (χ2n) is 34.9. The van der Waals surface area contributed by atoms with Crippen molar-refractivity contribution in [3.05, 3.63) is 182 Å². The van der Waals surface area contributed by atoms with E-state index in [1.807, 2.05) is 79.7 Å². The number of nitrogens with one attached hydrogen (secondary N) is 5. The molecule has 12 bridgehead atoms. The average molecular weight is 1740 g/mol. The highest BCUT2D eigenvalue weighted by Gasteiger charge is 2.37. The van der Waals surface area contributed by atoms with Gasteiger partial charge in [0.25, 0.3) is 29.5 Å². The van der Waals surface area contributed by atoms with E-state index in [0.717, 1.165) is 169 Å². The van der Waals surface area contributed by atoms with Gasteiger partial charge < -0.3 is 37.9 Å². The van der Waals surface area contributed by atoms with E-state index in [1.54, 1.807) is 67.5 Å². The number of carbonyl (C=O) groups excluding carboxylic acids is 6. The maximum atomic E-state index is 13.9. The lowest BCUT2D eigenvalue weighted by atomic mass is 9.81. The van der Waals surface area contributed by atoms with Crippen molar-refractivity contribution >= 4 is 117 Å². The number of allylic oxidation sites excluding steroid dienone is 1. The molecule has 3 saturated carbocycles. The monoisotopic (exact) mass is 1740 g/mol. The molecule has 26 nitrogen and oxygen atoms in total. The first-order valence-corrected chi connectivity index (χ1v) is 48.3. The summed E-state index contributed by atoms with van der Waals surface area (Å²) in [5.41, 5.74) is 19.5. The Balaban J connectivity index is 0.000000137. The second-order valence-corrected chi connectivity index (χ2v) is 39.6. The van der Waals surface area contributed by atoms with Crippen molar-refractivity contribution in [3.8, 4) is 45.3 Å². The van der Waals surface area contributed by atoms with Gasteiger partial charge in [-0.2, -0.15) is 39.0 Å². The van der Waals surface area contributed by atoms with Crippen molar-refractivity contribution in [2.45, 2.75) is 179 Å². The van der Waals surface area contributed by atoms with Crippen LogP contribution in [0, 0.1) is 6.92 Å². The lowest BCUT2D eigenvalue weighted by molar-refractivity contribution is -0.126. The molecule has 6 aliphatic heterocycles. The Hall–Kier alpha value is -10.5. The quantitative estimate of drug-likeness (QED) is 0.107. The van der Waals surface area contributed by atoms with Gasteiger partial charge in [0, 0.05) is 150 Å². The van der Waals surface area contributed by atoms with Crippen molar-refractivity contribution < 1.29 is 63.5 Å². The van der Waals surface area contributed by atoms with Crippen molar-refractivity contribution in [2.24, 2.45) is 0 Å². The molecule has 5 N–H and O–H groups in total. The largest absolute Gasteiger partial charge is 0.497 e. The molecule has 9 aromatic rings. The van der Waals surface area contributed by atoms with Crippen LogP contribution in [0.25, 0.3) is 84.7 Å². The summed E-state index contributed by atoms with van der Waals surface area (Å²) in [5.74, 6) is 0.454. The Labute approximate surface area is 726 Å². The molecule has 124 heavy (non-hydrogen) atoms. The maximum Gasteiger partial charge on any atom is 0.303 e. The number of likely N-dealkylation sites (N-methyl/N-ethyl adjacent to an activating group) is 3. The summed E-state index contributed by atoms with van der Waals surface area (Å²) in [6.45, 7) is 5.80. The van der Waals surface area contributed by atoms with E-state index in [9.17, 15) is 54.0 Å². The number of amides is 5. The van der Waals surface area contributed by atoms with E-state index in [0.29, 0.717) is 119 Å². The zero-order chi connectivity index (χ0) is 87.0. The number of benzene rings is 6. The summed E-state index contributed by atoms with van der Waals surface area (Å²) in [5, 5.41) is 3.15. The Bertz CT molecular complexity index is 6220. The standard InChI is InChI=1S/C32H38N4O5S.C32H38N4O4S.C31H36N4O5S/c1-35-15-6-9-29(37)24-17-23-18-25(41-2)11-13-26(23)31-30(21-7-4-3-5-8-21)27-12-10-22(19-28(27)36(31)20-24)32(38)34-42(39,40)33-14-16-35;1-21-11-12-23-18-25-20-36-28-19-24(31(37)33-41(39,40)35(3)16-8-7-15-34(2)32(25)38)13-14-26(28)29(30(36)27(23)17-21)22-9-5-4-6-10-22;1-34-15-7-6-14-32-41(38,39)33-30(36)21-10-12-26-27(18-21)35-19-23(31(34)37)16-22-17-24(40-2)11-13-25(22)29(35)28(26)20-8-4-3-5-9-20/h10-13,17-19,21,33H,3-9,14-16,20H2,1-2H3,(H,34,38);11-14,17-19,22H,4-10,15-16,20H2,1-3H3,(H,33,37);10-13,16-18,20,32H,3-9,14-15,19H2,1-2H3,(H,33,36). The molecule has 0 atom stereocenters. The minimum atomic E-state index is -4.04. The molecule has 0 radical (unpaired) electrons. The summed E-state index contributed by atoms with van der Waals surface area (Å²) in [6.07, 6.45) is 26.6. The lowest BCUT2D eigenvalue weighted by Gasteiger charge is -2.24. The van der Waals surface area contributed by atoms with Gasteiger partial charge in [-0.1, -0.05) is 93.7 Å². The number of aromatic nitrogens is 3. The zero-order valence-corrected chi connectivity index (χ0v) is 74.3. The molecule has 9 aliphatic rings. The SMILES string of the molecule is COc1ccc2c(c1)C=C1Cn3c-2c(C2CCCCC2)c2ccc(cc23)C(=O)NS(=O)(=O)NCCCCN(C)C1=O.COc1ccc2c(c1)C=C1Cn3c-2c(C2CCCCC2)c2ccc(cc23)C(=O)NS(=O)(=O)NCCN(C)CCCC1=O.Cc1ccc2c(c1)-c1c(C3CCCCC3)c3ccc4cc3n1CC(=C2)C(=O)N(C)CCCCN(C)S(=O)(=O)NC4=O. The number of nitrogens with zero attached hydrogens (tertiary/aromatic N) is 7. The Morgan fingerprint density at radius 1 is 0.379 bits per heavy atom. The summed E-state index contributed by atoms with van der Waals surface area (Å²) in [6, 6.07) is 34.8. The molecule has 5 amide bonds. The molecule has 6 aromatic carbocycles. The third-order valence-corrected chi connectivity index (χ3v) is 30.0. The average Bonchev–Trinajstić information content (AvgIpc) is 1.58. The van der Waals surface area contributed by atoms with Crippen LogP contribution in [0.4, 0.5) is 0 Å². The fourth-order valence-electron chi connectivity index (χ4n) is 20.0. The first-order valence-electron chi connectivity index (χ1n) is 43.9. The molecule has 0 saturated heterocycles. The van der Waals surface area contributed by atoms with Gasteiger partial charge in [-0.3, -0.25) is 28.8 Å². The number of hydrogen-bond donors (Lipinski definition) is 5. The Kier molecular flexibility index (Phi) is 25.7. The van der Waals surface area contributed by atoms with E-state index in [-0.39, 0.29) is 53.9 Å². The molecule has 3 fully saturated rings.